The number of anilines is 1. The first kappa shape index (κ1) is 25.0. The minimum Gasteiger partial charge on any atom is -0.454 e. The molecule has 1 saturated heterocycles. The molecule has 6 rings (SSSR count). The van der Waals surface area contributed by atoms with Gasteiger partial charge in [-0.2, -0.15) is 13.2 Å². The molecule has 0 aromatic heterocycles. The van der Waals surface area contributed by atoms with E-state index in [1.54, 1.807) is 0 Å². The molecule has 4 aliphatic rings. The number of fused-ring (bicyclic) bond motifs is 2. The highest BCUT2D eigenvalue weighted by Gasteiger charge is 2.59. The van der Waals surface area contributed by atoms with Crippen molar-refractivity contribution >= 4 is 23.0 Å². The van der Waals surface area contributed by atoms with Gasteiger partial charge in [-0.1, -0.05) is 18.2 Å². The van der Waals surface area contributed by atoms with E-state index >= 15 is 0 Å². The zero-order valence-corrected chi connectivity index (χ0v) is 20.8. The predicted molar refractivity (Wildman–Crippen MR) is 135 cm³/mol. The summed E-state index contributed by atoms with van der Waals surface area (Å²) in [6.07, 6.45) is 1.00. The molecule has 1 amide bonds. The number of carbonyl (C=O) groups excluding carboxylic acids is 2. The molecule has 9 heteroatoms. The van der Waals surface area contributed by atoms with Gasteiger partial charge in [-0.25, -0.2) is 0 Å². The van der Waals surface area contributed by atoms with Gasteiger partial charge in [0.05, 0.1) is 5.56 Å². The number of hydrogen-bond donors (Lipinski definition) is 1. The maximum absolute atomic E-state index is 12.9. The molecular formula is C29H29F3N2O4. The average molecular weight is 527 g/mol. The van der Waals surface area contributed by atoms with Gasteiger partial charge in [0.1, 0.15) is 5.78 Å². The number of halogens is 3. The van der Waals surface area contributed by atoms with Crippen LogP contribution >= 0.6 is 0 Å². The third kappa shape index (κ3) is 5.04. The number of ketones is 1. The summed E-state index contributed by atoms with van der Waals surface area (Å²) in [7, 11) is 0. The SMILES string of the molecule is O=C(CCC(=O)C1[C@H]2CN(C3CC=C(c4ccc5c(c4)OCO5)CC3)C[C@@H]12)Nc1cccc(C(F)(F)F)c1. The molecule has 2 aliphatic carbocycles. The summed E-state index contributed by atoms with van der Waals surface area (Å²) in [6, 6.07) is 11.1. The van der Waals surface area contributed by atoms with E-state index in [1.165, 1.54) is 23.3 Å². The first-order valence-electron chi connectivity index (χ1n) is 13.1. The lowest BCUT2D eigenvalue weighted by Gasteiger charge is -2.32. The number of ether oxygens (including phenoxy) is 2. The maximum atomic E-state index is 12.9. The monoisotopic (exact) mass is 526 g/mol. The van der Waals surface area contributed by atoms with Crippen LogP contribution in [0.15, 0.2) is 48.5 Å². The number of Topliss-reactive ketones (excluding diaryl/α,β-unsaturated/α-hetero) is 1. The van der Waals surface area contributed by atoms with E-state index in [9.17, 15) is 22.8 Å². The molecule has 38 heavy (non-hydrogen) atoms. The van der Waals surface area contributed by atoms with Gasteiger partial charge in [0.2, 0.25) is 12.7 Å². The van der Waals surface area contributed by atoms with Crippen molar-refractivity contribution in [3.63, 3.8) is 0 Å². The van der Waals surface area contributed by atoms with Crippen LogP contribution in [-0.4, -0.2) is 42.5 Å². The molecule has 0 radical (unpaired) electrons. The zero-order chi connectivity index (χ0) is 26.4. The molecular weight excluding hydrogens is 497 g/mol. The largest absolute Gasteiger partial charge is 0.454 e. The van der Waals surface area contributed by atoms with Crippen molar-refractivity contribution < 1.29 is 32.2 Å². The molecule has 2 aromatic rings. The van der Waals surface area contributed by atoms with Crippen LogP contribution in [0.5, 0.6) is 11.5 Å². The highest BCUT2D eigenvalue weighted by Crippen LogP contribution is 2.54. The predicted octanol–water partition coefficient (Wildman–Crippen LogP) is 5.54. The summed E-state index contributed by atoms with van der Waals surface area (Å²) in [5.41, 5.74) is 1.78. The Morgan fingerprint density at radius 1 is 1.00 bits per heavy atom. The van der Waals surface area contributed by atoms with Gasteiger partial charge in [-0.15, -0.1) is 0 Å². The molecule has 200 valence electrons. The maximum Gasteiger partial charge on any atom is 0.416 e. The number of piperidine rings is 1. The lowest BCUT2D eigenvalue weighted by Crippen LogP contribution is -2.37. The molecule has 2 unspecified atom stereocenters. The Kier molecular flexibility index (Phi) is 6.42. The molecule has 6 nitrogen and oxygen atoms in total. The average Bonchev–Trinajstić information content (AvgIpc) is 3.22. The van der Waals surface area contributed by atoms with Crippen LogP contribution in [0.1, 0.15) is 43.2 Å². The van der Waals surface area contributed by atoms with Crippen LogP contribution in [0.3, 0.4) is 0 Å². The van der Waals surface area contributed by atoms with Crippen molar-refractivity contribution in [1.29, 1.82) is 0 Å². The highest BCUT2D eigenvalue weighted by molar-refractivity contribution is 5.94. The Hall–Kier alpha value is -3.33. The van der Waals surface area contributed by atoms with Gasteiger partial charge in [-0.05, 0) is 72.6 Å². The summed E-state index contributed by atoms with van der Waals surface area (Å²) in [5, 5.41) is 2.48. The first-order valence-corrected chi connectivity index (χ1v) is 13.1. The fourth-order valence-corrected chi connectivity index (χ4v) is 6.25. The summed E-state index contributed by atoms with van der Waals surface area (Å²) in [4.78, 5) is 27.5. The lowest BCUT2D eigenvalue weighted by atomic mass is 9.89. The molecule has 2 aromatic carbocycles. The summed E-state index contributed by atoms with van der Waals surface area (Å²) >= 11 is 0. The molecule has 2 fully saturated rings. The number of rotatable bonds is 7. The Balaban J connectivity index is 0.949. The van der Waals surface area contributed by atoms with Crippen LogP contribution in [0.4, 0.5) is 18.9 Å². The number of nitrogens with one attached hydrogen (secondary N) is 1. The van der Waals surface area contributed by atoms with E-state index in [2.05, 4.69) is 28.4 Å². The van der Waals surface area contributed by atoms with Crippen molar-refractivity contribution in [2.75, 3.05) is 25.2 Å². The van der Waals surface area contributed by atoms with Gasteiger partial charge in [0, 0.05) is 43.6 Å². The molecule has 1 N–H and O–H groups in total. The summed E-state index contributed by atoms with van der Waals surface area (Å²) in [6.45, 7) is 2.10. The molecule has 0 bridgehead atoms. The van der Waals surface area contributed by atoms with Gasteiger partial charge >= 0.3 is 6.18 Å². The number of alkyl halides is 3. The lowest BCUT2D eigenvalue weighted by molar-refractivity contribution is -0.137. The van der Waals surface area contributed by atoms with E-state index in [4.69, 9.17) is 9.47 Å². The van der Waals surface area contributed by atoms with E-state index < -0.39 is 17.6 Å². The number of amides is 1. The molecule has 2 heterocycles. The number of benzene rings is 2. The zero-order valence-electron chi connectivity index (χ0n) is 20.8. The Morgan fingerprint density at radius 2 is 1.79 bits per heavy atom. The van der Waals surface area contributed by atoms with Crippen molar-refractivity contribution in [1.82, 2.24) is 4.90 Å². The van der Waals surface area contributed by atoms with E-state index in [0.29, 0.717) is 17.9 Å². The topological polar surface area (TPSA) is 67.9 Å². The van der Waals surface area contributed by atoms with Crippen LogP contribution < -0.4 is 14.8 Å². The van der Waals surface area contributed by atoms with Crippen molar-refractivity contribution in [3.8, 4) is 11.5 Å². The number of likely N-dealkylation sites (tertiary alicyclic amines) is 1. The minimum absolute atomic E-state index is 0.0101. The van der Waals surface area contributed by atoms with Gasteiger partial charge in [0.25, 0.3) is 0 Å². The first-order chi connectivity index (χ1) is 18.3. The minimum atomic E-state index is -4.47. The molecule has 1 saturated carbocycles. The van der Waals surface area contributed by atoms with Crippen LogP contribution in [-0.2, 0) is 15.8 Å². The number of nitrogens with zero attached hydrogens (tertiary/aromatic N) is 1. The second-order valence-corrected chi connectivity index (χ2v) is 10.6. The quantitative estimate of drug-likeness (QED) is 0.514. The Bertz CT molecular complexity index is 1280. The standard InChI is InChI=1S/C29H29F3N2O4/c30-29(31,32)19-2-1-3-20(13-19)33-27(36)11-9-24(35)28-22-14-34(15-23(22)28)21-7-4-17(5-8-21)18-6-10-25-26(12-18)38-16-37-25/h1-4,6,10,12-13,21-23,28H,5,7-9,11,14-16H2,(H,33,36)/t21?,22-,23+,28?. The Labute approximate surface area is 218 Å². The number of hydrogen-bond acceptors (Lipinski definition) is 5. The molecule has 2 aliphatic heterocycles. The van der Waals surface area contributed by atoms with Crippen LogP contribution in [0, 0.1) is 17.8 Å². The van der Waals surface area contributed by atoms with Crippen molar-refractivity contribution in [3.05, 3.63) is 59.7 Å². The summed E-state index contributed by atoms with van der Waals surface area (Å²) < 4.78 is 49.5. The molecule has 0 spiro atoms. The van der Waals surface area contributed by atoms with Gasteiger partial charge < -0.3 is 14.8 Å². The highest BCUT2D eigenvalue weighted by atomic mass is 19.4. The number of carbonyl (C=O) groups is 2. The van der Waals surface area contributed by atoms with Gasteiger partial charge in [-0.3, -0.25) is 14.5 Å². The van der Waals surface area contributed by atoms with E-state index in [0.717, 1.165) is 56.0 Å². The molecule has 4 atom stereocenters. The fourth-order valence-electron chi connectivity index (χ4n) is 6.25. The second-order valence-electron chi connectivity index (χ2n) is 10.6. The van der Waals surface area contributed by atoms with Crippen molar-refractivity contribution in [2.24, 2.45) is 17.8 Å². The van der Waals surface area contributed by atoms with Crippen LogP contribution in [0.25, 0.3) is 5.57 Å². The van der Waals surface area contributed by atoms with Gasteiger partial charge in [0.15, 0.2) is 11.5 Å². The number of allylic oxidation sites excluding steroid dienone is 1. The van der Waals surface area contributed by atoms with Crippen molar-refractivity contribution in [2.45, 2.75) is 44.3 Å². The summed E-state index contributed by atoms with van der Waals surface area (Å²) in [5.74, 6) is 1.95. The third-order valence-corrected chi connectivity index (χ3v) is 8.31. The fraction of sp³-hybridized carbons (Fsp3) is 0.448. The van der Waals surface area contributed by atoms with E-state index in [1.807, 2.05) is 6.07 Å². The normalized spacial score (nSPS) is 26.0. The van der Waals surface area contributed by atoms with Crippen LogP contribution in [0.2, 0.25) is 0 Å². The van der Waals surface area contributed by atoms with E-state index in [-0.39, 0.29) is 37.0 Å². The third-order valence-electron chi connectivity index (χ3n) is 8.31. The smallest absolute Gasteiger partial charge is 0.416 e. The second kappa shape index (κ2) is 9.76. The Morgan fingerprint density at radius 3 is 2.53 bits per heavy atom.